The first kappa shape index (κ1) is 6.84. The standard InChI is InChI=1S/C10H12O/c1-2-3-9-7-4-5-8(6-7)10(9)11/h2,4-5,7-9H,1,3,6H2/t7-,8-,9-/m0/s1. The van der Waals surface area contributed by atoms with Crippen molar-refractivity contribution in [3.63, 3.8) is 0 Å². The van der Waals surface area contributed by atoms with E-state index in [0.29, 0.717) is 11.7 Å². The van der Waals surface area contributed by atoms with Crippen LogP contribution in [0.15, 0.2) is 24.8 Å². The number of hydrogen-bond donors (Lipinski definition) is 0. The van der Waals surface area contributed by atoms with Crippen LogP contribution in [0.1, 0.15) is 12.8 Å². The van der Waals surface area contributed by atoms with Crippen molar-refractivity contribution in [3.05, 3.63) is 24.8 Å². The van der Waals surface area contributed by atoms with Gasteiger partial charge in [0.05, 0.1) is 0 Å². The van der Waals surface area contributed by atoms with Crippen LogP contribution in [0.2, 0.25) is 0 Å². The lowest BCUT2D eigenvalue weighted by molar-refractivity contribution is -0.123. The molecular weight excluding hydrogens is 136 g/mol. The van der Waals surface area contributed by atoms with Gasteiger partial charge >= 0.3 is 0 Å². The first-order valence-electron chi connectivity index (χ1n) is 4.16. The number of rotatable bonds is 2. The van der Waals surface area contributed by atoms with E-state index < -0.39 is 0 Å². The second kappa shape index (κ2) is 2.33. The first-order valence-corrected chi connectivity index (χ1v) is 4.16. The van der Waals surface area contributed by atoms with Gasteiger partial charge in [-0.2, -0.15) is 0 Å². The molecule has 0 saturated heterocycles. The summed E-state index contributed by atoms with van der Waals surface area (Å²) >= 11 is 0. The molecule has 1 nitrogen and oxygen atoms in total. The summed E-state index contributed by atoms with van der Waals surface area (Å²) in [4.78, 5) is 11.5. The van der Waals surface area contributed by atoms with Gasteiger partial charge in [-0.1, -0.05) is 18.2 Å². The van der Waals surface area contributed by atoms with Gasteiger partial charge in [0.25, 0.3) is 0 Å². The lowest BCUT2D eigenvalue weighted by atomic mass is 9.90. The molecule has 1 fully saturated rings. The fourth-order valence-electron chi connectivity index (χ4n) is 2.19. The third kappa shape index (κ3) is 0.873. The molecular formula is C10H12O. The van der Waals surface area contributed by atoms with Gasteiger partial charge < -0.3 is 0 Å². The summed E-state index contributed by atoms with van der Waals surface area (Å²) in [6.45, 7) is 3.67. The lowest BCUT2D eigenvalue weighted by Gasteiger charge is -2.13. The predicted octanol–water partition coefficient (Wildman–Crippen LogP) is 1.95. The van der Waals surface area contributed by atoms with Gasteiger partial charge in [0, 0.05) is 11.8 Å². The third-order valence-electron chi connectivity index (χ3n) is 2.79. The van der Waals surface area contributed by atoms with Crippen LogP contribution >= 0.6 is 0 Å². The molecule has 3 atom stereocenters. The van der Waals surface area contributed by atoms with Gasteiger partial charge in [0.1, 0.15) is 5.78 Å². The maximum Gasteiger partial charge on any atom is 0.143 e. The van der Waals surface area contributed by atoms with E-state index in [9.17, 15) is 4.79 Å². The zero-order valence-corrected chi connectivity index (χ0v) is 6.49. The Labute approximate surface area is 66.8 Å². The van der Waals surface area contributed by atoms with Crippen molar-refractivity contribution in [2.45, 2.75) is 12.8 Å². The number of ketones is 1. The molecule has 0 spiro atoms. The zero-order chi connectivity index (χ0) is 7.84. The quantitative estimate of drug-likeness (QED) is 0.547. The lowest BCUT2D eigenvalue weighted by Crippen LogP contribution is -2.17. The van der Waals surface area contributed by atoms with Gasteiger partial charge in [-0.15, -0.1) is 6.58 Å². The van der Waals surface area contributed by atoms with Crippen LogP contribution in [-0.4, -0.2) is 5.78 Å². The molecule has 0 amide bonds. The van der Waals surface area contributed by atoms with Crippen LogP contribution < -0.4 is 0 Å². The zero-order valence-electron chi connectivity index (χ0n) is 6.49. The van der Waals surface area contributed by atoms with Gasteiger partial charge in [-0.3, -0.25) is 4.79 Å². The summed E-state index contributed by atoms with van der Waals surface area (Å²) < 4.78 is 0. The Morgan fingerprint density at radius 2 is 2.45 bits per heavy atom. The highest BCUT2D eigenvalue weighted by molar-refractivity contribution is 5.89. The predicted molar refractivity (Wildman–Crippen MR) is 44.0 cm³/mol. The Bertz CT molecular complexity index is 227. The largest absolute Gasteiger partial charge is 0.299 e. The van der Waals surface area contributed by atoms with Crippen molar-refractivity contribution in [2.75, 3.05) is 0 Å². The minimum Gasteiger partial charge on any atom is -0.299 e. The van der Waals surface area contributed by atoms with Crippen molar-refractivity contribution < 1.29 is 4.79 Å². The second-order valence-corrected chi connectivity index (χ2v) is 3.42. The Hall–Kier alpha value is -0.850. The van der Waals surface area contributed by atoms with E-state index >= 15 is 0 Å². The van der Waals surface area contributed by atoms with Gasteiger partial charge in [-0.25, -0.2) is 0 Å². The highest BCUT2D eigenvalue weighted by Crippen LogP contribution is 2.42. The number of allylic oxidation sites excluding steroid dienone is 3. The van der Waals surface area contributed by atoms with Crippen LogP contribution in [0.5, 0.6) is 0 Å². The molecule has 0 radical (unpaired) electrons. The third-order valence-corrected chi connectivity index (χ3v) is 2.79. The molecule has 0 unspecified atom stereocenters. The van der Waals surface area contributed by atoms with E-state index in [4.69, 9.17) is 0 Å². The molecule has 0 aromatic carbocycles. The van der Waals surface area contributed by atoms with Crippen LogP contribution in [-0.2, 0) is 4.79 Å². The Balaban J connectivity index is 2.18. The van der Waals surface area contributed by atoms with Gasteiger partial charge in [0.15, 0.2) is 0 Å². The van der Waals surface area contributed by atoms with E-state index in [1.54, 1.807) is 0 Å². The molecule has 11 heavy (non-hydrogen) atoms. The second-order valence-electron chi connectivity index (χ2n) is 3.42. The topological polar surface area (TPSA) is 17.1 Å². The van der Waals surface area contributed by atoms with Crippen molar-refractivity contribution in [1.29, 1.82) is 0 Å². The molecule has 1 saturated carbocycles. The minimum absolute atomic E-state index is 0.255. The molecule has 58 valence electrons. The van der Waals surface area contributed by atoms with E-state index in [2.05, 4.69) is 18.7 Å². The van der Waals surface area contributed by atoms with Crippen LogP contribution in [0.25, 0.3) is 0 Å². The Morgan fingerprint density at radius 3 is 3.00 bits per heavy atom. The summed E-state index contributed by atoms with van der Waals surface area (Å²) in [6, 6.07) is 0. The Kier molecular flexibility index (Phi) is 1.45. The molecule has 2 aliphatic carbocycles. The van der Waals surface area contributed by atoms with Crippen molar-refractivity contribution >= 4 is 5.78 Å². The monoisotopic (exact) mass is 148 g/mol. The molecule has 2 aliphatic rings. The number of carbonyl (C=O) groups excluding carboxylic acids is 1. The number of hydrogen-bond acceptors (Lipinski definition) is 1. The Morgan fingerprint density at radius 1 is 1.64 bits per heavy atom. The molecule has 0 aliphatic heterocycles. The van der Waals surface area contributed by atoms with Crippen molar-refractivity contribution in [3.8, 4) is 0 Å². The fourth-order valence-corrected chi connectivity index (χ4v) is 2.19. The van der Waals surface area contributed by atoms with E-state index in [0.717, 1.165) is 12.8 Å². The molecule has 0 heterocycles. The minimum atomic E-state index is 0.255. The molecule has 0 aromatic heterocycles. The van der Waals surface area contributed by atoms with E-state index in [1.165, 1.54) is 0 Å². The van der Waals surface area contributed by atoms with Crippen LogP contribution in [0, 0.1) is 17.8 Å². The molecule has 2 bridgehead atoms. The average Bonchev–Trinajstić information content (AvgIpc) is 2.54. The summed E-state index contributed by atoms with van der Waals surface area (Å²) in [6.07, 6.45) is 8.05. The van der Waals surface area contributed by atoms with Gasteiger partial charge in [-0.05, 0) is 18.8 Å². The summed E-state index contributed by atoms with van der Waals surface area (Å²) in [5.74, 6) is 1.50. The van der Waals surface area contributed by atoms with Crippen molar-refractivity contribution in [1.82, 2.24) is 0 Å². The number of fused-ring (bicyclic) bond motifs is 2. The first-order chi connectivity index (χ1) is 5.33. The van der Waals surface area contributed by atoms with Crippen LogP contribution in [0.3, 0.4) is 0 Å². The average molecular weight is 148 g/mol. The molecule has 0 N–H and O–H groups in total. The number of Topliss-reactive ketones (excluding diaryl/α,β-unsaturated/α-hetero) is 1. The molecule has 1 heteroatoms. The molecule has 2 rings (SSSR count). The number of carbonyl (C=O) groups is 1. The smallest absolute Gasteiger partial charge is 0.143 e. The summed E-state index contributed by atoms with van der Waals surface area (Å²) in [5.41, 5.74) is 0. The van der Waals surface area contributed by atoms with Gasteiger partial charge in [0.2, 0.25) is 0 Å². The summed E-state index contributed by atoms with van der Waals surface area (Å²) in [5, 5.41) is 0. The highest BCUT2D eigenvalue weighted by atomic mass is 16.1. The van der Waals surface area contributed by atoms with E-state index in [1.807, 2.05) is 6.08 Å². The SMILES string of the molecule is C=CC[C@@H]1C(=O)[C@H]2C=C[C@H]1C2. The van der Waals surface area contributed by atoms with E-state index in [-0.39, 0.29) is 11.8 Å². The summed E-state index contributed by atoms with van der Waals surface area (Å²) in [7, 11) is 0. The maximum absolute atomic E-state index is 11.5. The maximum atomic E-state index is 11.5. The molecule has 0 aromatic rings. The fraction of sp³-hybridized carbons (Fsp3) is 0.500. The van der Waals surface area contributed by atoms with Crippen LogP contribution in [0.4, 0.5) is 0 Å². The highest BCUT2D eigenvalue weighted by Gasteiger charge is 2.42. The normalized spacial score (nSPS) is 40.0. The van der Waals surface area contributed by atoms with Crippen molar-refractivity contribution in [2.24, 2.45) is 17.8 Å².